The van der Waals surface area contributed by atoms with E-state index in [9.17, 15) is 9.90 Å². The normalized spacial score (nSPS) is 30.4. The van der Waals surface area contributed by atoms with Crippen molar-refractivity contribution in [1.82, 2.24) is 10.3 Å². The van der Waals surface area contributed by atoms with Crippen molar-refractivity contribution in [1.29, 1.82) is 0 Å². The molecule has 0 spiro atoms. The maximum Gasteiger partial charge on any atom is 0.319 e. The molecule has 3 aromatic carbocycles. The zero-order valence-electron chi connectivity index (χ0n) is 25.2. The van der Waals surface area contributed by atoms with E-state index >= 15 is 0 Å². The molecule has 1 saturated heterocycles. The number of nitrogens with zero attached hydrogens (tertiary/aromatic N) is 1. The van der Waals surface area contributed by atoms with Crippen molar-refractivity contribution in [3.8, 4) is 0 Å². The molecule has 3 N–H and O–H groups in total. The Labute approximate surface area is 272 Å². The largest absolute Gasteiger partial charge is 0.392 e. The van der Waals surface area contributed by atoms with E-state index in [4.69, 9.17) is 14.5 Å². The lowest BCUT2D eigenvalue weighted by molar-refractivity contribution is -0.245. The number of benzene rings is 3. The van der Waals surface area contributed by atoms with Crippen molar-refractivity contribution in [2.24, 2.45) is 17.8 Å². The van der Waals surface area contributed by atoms with Crippen LogP contribution in [0.2, 0.25) is 0 Å². The summed E-state index contributed by atoms with van der Waals surface area (Å²) in [6, 6.07) is 23.9. The molecule has 4 aromatic rings. The Morgan fingerprint density at radius 3 is 2.40 bits per heavy atom. The van der Waals surface area contributed by atoms with Crippen molar-refractivity contribution >= 4 is 45.0 Å². The number of urea groups is 1. The Morgan fingerprint density at radius 2 is 1.67 bits per heavy atom. The Bertz CT molecular complexity index is 1610. The molecule has 0 unspecified atom stereocenters. The number of rotatable bonds is 8. The van der Waals surface area contributed by atoms with Crippen LogP contribution in [-0.2, 0) is 16.1 Å². The van der Waals surface area contributed by atoms with E-state index < -0.39 is 6.29 Å². The van der Waals surface area contributed by atoms with Crippen molar-refractivity contribution in [3.63, 3.8) is 0 Å². The molecule has 9 rings (SSSR count). The second-order valence-electron chi connectivity index (χ2n) is 13.5. The van der Waals surface area contributed by atoms with E-state index in [-0.39, 0.29) is 30.4 Å². The van der Waals surface area contributed by atoms with Gasteiger partial charge in [-0.05, 0) is 91.7 Å². The van der Waals surface area contributed by atoms with Crippen molar-refractivity contribution < 1.29 is 19.4 Å². The maximum atomic E-state index is 13.3. The number of ether oxygens (including phenoxy) is 2. The molecular weight excluding hydrogens is 603 g/mol. The molecule has 0 radical (unpaired) electrons. The quantitative estimate of drug-likeness (QED) is 0.168. The first-order chi connectivity index (χ1) is 22.0. The smallest absolute Gasteiger partial charge is 0.319 e. The van der Waals surface area contributed by atoms with Gasteiger partial charge in [0.1, 0.15) is 0 Å². The summed E-state index contributed by atoms with van der Waals surface area (Å²) in [5.74, 6) is 3.06. The molecule has 7 nitrogen and oxygen atoms in total. The van der Waals surface area contributed by atoms with E-state index in [1.54, 1.807) is 23.1 Å². The van der Waals surface area contributed by atoms with Gasteiger partial charge in [-0.25, -0.2) is 9.78 Å². The highest BCUT2D eigenvalue weighted by Gasteiger charge is 2.51. The molecule has 2 amide bonds. The van der Waals surface area contributed by atoms with Crippen LogP contribution in [0.3, 0.4) is 0 Å². The van der Waals surface area contributed by atoms with Crippen molar-refractivity contribution in [2.75, 3.05) is 11.1 Å². The molecule has 2 heterocycles. The van der Waals surface area contributed by atoms with Crippen LogP contribution in [-0.4, -0.2) is 33.5 Å². The zero-order chi connectivity index (χ0) is 30.4. The number of thioether (sulfide) groups is 1. The lowest BCUT2D eigenvalue weighted by Crippen LogP contribution is -2.60. The van der Waals surface area contributed by atoms with Gasteiger partial charge < -0.3 is 25.2 Å². The minimum absolute atomic E-state index is 0.00913. The van der Waals surface area contributed by atoms with Crippen LogP contribution >= 0.6 is 23.1 Å². The molecular formula is C36H39N3O4S2. The number of amides is 2. The minimum atomic E-state index is -0.588. The number of nitrogens with one attached hydrogen (secondary N) is 2. The summed E-state index contributed by atoms with van der Waals surface area (Å²) < 4.78 is 15.4. The van der Waals surface area contributed by atoms with E-state index in [2.05, 4.69) is 16.7 Å². The number of aliphatic hydroxyl groups is 1. The summed E-state index contributed by atoms with van der Waals surface area (Å²) in [6.45, 7) is 0.00913. The van der Waals surface area contributed by atoms with Gasteiger partial charge in [0, 0.05) is 29.0 Å². The number of hydrogen-bond donors (Lipinski definition) is 3. The fraction of sp³-hybridized carbons (Fsp3) is 0.444. The van der Waals surface area contributed by atoms with Gasteiger partial charge in [0.2, 0.25) is 0 Å². The summed E-state index contributed by atoms with van der Waals surface area (Å²) in [6.07, 6.45) is 7.27. The predicted molar refractivity (Wildman–Crippen MR) is 178 cm³/mol. The monoisotopic (exact) mass is 641 g/mol. The third-order valence-corrected chi connectivity index (χ3v) is 12.4. The van der Waals surface area contributed by atoms with Crippen LogP contribution in [0.5, 0.6) is 0 Å². The molecule has 5 fully saturated rings. The van der Waals surface area contributed by atoms with Gasteiger partial charge in [-0.3, -0.25) is 0 Å². The lowest BCUT2D eigenvalue weighted by Gasteiger charge is -2.56. The topological polar surface area (TPSA) is 92.7 Å². The van der Waals surface area contributed by atoms with Crippen LogP contribution < -0.4 is 10.6 Å². The van der Waals surface area contributed by atoms with Gasteiger partial charge in [-0.2, -0.15) is 0 Å². The number of thiazole rings is 1. The number of para-hydroxylation sites is 1. The number of fused-ring (bicyclic) bond motifs is 1. The van der Waals surface area contributed by atoms with Crippen LogP contribution in [0, 0.1) is 17.8 Å². The average molecular weight is 642 g/mol. The predicted octanol–water partition coefficient (Wildman–Crippen LogP) is 8.22. The van der Waals surface area contributed by atoms with E-state index in [1.165, 1.54) is 24.0 Å². The number of anilines is 1. The number of carbonyl (C=O) groups is 1. The third-order valence-electron chi connectivity index (χ3n) is 10.1. The Morgan fingerprint density at radius 1 is 0.911 bits per heavy atom. The van der Waals surface area contributed by atoms with Gasteiger partial charge >= 0.3 is 6.03 Å². The number of aromatic nitrogens is 1. The van der Waals surface area contributed by atoms with Crippen LogP contribution in [0.25, 0.3) is 10.2 Å². The lowest BCUT2D eigenvalue weighted by atomic mass is 9.53. The SMILES string of the molecule is O=C(Nc1cccc([C@H]2O[C@@H](CSc3nc4ccccc4s3)C[C@@H](c3ccc(CO)cc3)O2)c1)NC12CC3CC(CC(C3)C1)C2. The molecule has 1 aliphatic heterocycles. The summed E-state index contributed by atoms with van der Waals surface area (Å²) in [5.41, 5.74) is 4.51. The number of aliphatic hydroxyl groups excluding tert-OH is 1. The number of hydrogen-bond acceptors (Lipinski definition) is 7. The van der Waals surface area contributed by atoms with Gasteiger partial charge in [-0.15, -0.1) is 11.3 Å². The second-order valence-corrected chi connectivity index (χ2v) is 15.8. The molecule has 234 valence electrons. The first-order valence-corrected chi connectivity index (χ1v) is 18.0. The van der Waals surface area contributed by atoms with Gasteiger partial charge in [0.05, 0.1) is 29.0 Å². The first-order valence-electron chi connectivity index (χ1n) is 16.2. The molecule has 4 aliphatic carbocycles. The maximum absolute atomic E-state index is 13.3. The second kappa shape index (κ2) is 12.3. The molecule has 1 aromatic heterocycles. The highest BCUT2D eigenvalue weighted by atomic mass is 32.2. The fourth-order valence-electron chi connectivity index (χ4n) is 8.53. The Kier molecular flexibility index (Phi) is 8.08. The summed E-state index contributed by atoms with van der Waals surface area (Å²) >= 11 is 3.43. The fourth-order valence-corrected chi connectivity index (χ4v) is 10.6. The Hall–Kier alpha value is -2.95. The number of carbonyl (C=O) groups excluding carboxylic acids is 1. The standard InChI is InChI=1S/C36H39N3O4S2/c40-20-22-8-10-26(11-9-22)31-16-29(21-44-35-38-30-6-1-2-7-32(30)45-35)42-33(43-31)27-4-3-5-28(15-27)37-34(41)39-36-17-23-12-24(18-36)14-25(13-23)19-36/h1-11,15,23-25,29,31,33,40H,12-14,16-21H2,(H2,37,39,41)/t23?,24?,25?,29-,31+,33+,36?/m1/s1. The van der Waals surface area contributed by atoms with E-state index in [1.807, 2.05) is 66.7 Å². The molecule has 4 bridgehead atoms. The van der Waals surface area contributed by atoms with Crippen molar-refractivity contribution in [2.45, 2.75) is 79.9 Å². The highest BCUT2D eigenvalue weighted by molar-refractivity contribution is 8.01. The average Bonchev–Trinajstić information content (AvgIpc) is 3.46. The first kappa shape index (κ1) is 29.5. The molecule has 9 heteroatoms. The minimum Gasteiger partial charge on any atom is -0.392 e. The molecule has 4 saturated carbocycles. The summed E-state index contributed by atoms with van der Waals surface area (Å²) in [7, 11) is 0. The summed E-state index contributed by atoms with van der Waals surface area (Å²) in [4.78, 5) is 18.1. The molecule has 3 atom stereocenters. The molecule has 5 aliphatic rings. The van der Waals surface area contributed by atoms with Crippen molar-refractivity contribution in [3.05, 3.63) is 89.5 Å². The van der Waals surface area contributed by atoms with Gasteiger partial charge in [0.15, 0.2) is 10.6 Å². The van der Waals surface area contributed by atoms with Crippen LogP contribution in [0.4, 0.5) is 10.5 Å². The highest BCUT2D eigenvalue weighted by Crippen LogP contribution is 2.55. The zero-order valence-corrected chi connectivity index (χ0v) is 26.8. The Balaban J connectivity index is 0.978. The molecule has 45 heavy (non-hydrogen) atoms. The van der Waals surface area contributed by atoms with E-state index in [0.29, 0.717) is 6.42 Å². The van der Waals surface area contributed by atoms with Crippen LogP contribution in [0.1, 0.15) is 74.0 Å². The van der Waals surface area contributed by atoms with Gasteiger partial charge in [0.25, 0.3) is 0 Å². The van der Waals surface area contributed by atoms with Gasteiger partial charge in [-0.1, -0.05) is 60.3 Å². The van der Waals surface area contributed by atoms with E-state index in [0.717, 1.165) is 75.0 Å². The third kappa shape index (κ3) is 6.38. The van der Waals surface area contributed by atoms with Crippen LogP contribution in [0.15, 0.2) is 77.1 Å². The summed E-state index contributed by atoms with van der Waals surface area (Å²) in [5, 5.41) is 16.1.